The maximum Gasteiger partial charge on any atom is 0.145 e. The van der Waals surface area contributed by atoms with Crippen LogP contribution in [0.25, 0.3) is 0 Å². The highest BCUT2D eigenvalue weighted by atomic mass is 16.5. The number of benzene rings is 2. The fourth-order valence-corrected chi connectivity index (χ4v) is 2.75. The molecule has 28 heavy (non-hydrogen) atoms. The van der Waals surface area contributed by atoms with E-state index in [9.17, 15) is 9.90 Å². The number of rotatable bonds is 7. The smallest absolute Gasteiger partial charge is 0.145 e. The van der Waals surface area contributed by atoms with Gasteiger partial charge in [-0.05, 0) is 66.1 Å². The number of hydrogen-bond acceptors (Lipinski definition) is 6. The van der Waals surface area contributed by atoms with Crippen LogP contribution in [0.2, 0.25) is 0 Å². The van der Waals surface area contributed by atoms with Crippen LogP contribution in [-0.2, 0) is 11.2 Å². The fraction of sp³-hybridized carbons (Fsp3) is 0.136. The first-order valence-corrected chi connectivity index (χ1v) is 8.78. The van der Waals surface area contributed by atoms with Gasteiger partial charge in [0.2, 0.25) is 0 Å². The summed E-state index contributed by atoms with van der Waals surface area (Å²) in [5.74, 6) is -0.174. The van der Waals surface area contributed by atoms with Crippen LogP contribution in [0.15, 0.2) is 67.0 Å². The predicted octanol–water partition coefficient (Wildman–Crippen LogP) is 3.21. The lowest BCUT2D eigenvalue weighted by molar-refractivity contribution is -0.307. The molecule has 0 saturated heterocycles. The molecular weight excluding hydrogens is 354 g/mol. The summed E-state index contributed by atoms with van der Waals surface area (Å²) in [6.07, 6.45) is 3.95. The number of nitrogens with one attached hydrogen (secondary N) is 1. The lowest BCUT2D eigenvalue weighted by Gasteiger charge is -2.23. The van der Waals surface area contributed by atoms with E-state index in [-0.39, 0.29) is 0 Å². The van der Waals surface area contributed by atoms with Gasteiger partial charge in [-0.15, -0.1) is 0 Å². The van der Waals surface area contributed by atoms with Crippen molar-refractivity contribution in [1.29, 1.82) is 5.26 Å². The number of nitrogens with zero attached hydrogens (tertiary/aromatic N) is 2. The molecule has 2 aromatic carbocycles. The summed E-state index contributed by atoms with van der Waals surface area (Å²) in [6, 6.07) is 16.4. The Morgan fingerprint density at radius 3 is 2.61 bits per heavy atom. The van der Waals surface area contributed by atoms with Crippen LogP contribution in [0.1, 0.15) is 29.7 Å². The van der Waals surface area contributed by atoms with E-state index in [1.165, 1.54) is 0 Å². The summed E-state index contributed by atoms with van der Waals surface area (Å²) in [5.41, 5.74) is 2.52. The molecule has 0 aliphatic heterocycles. The third-order valence-corrected chi connectivity index (χ3v) is 4.16. The lowest BCUT2D eigenvalue weighted by atomic mass is 10.0. The second-order valence-corrected chi connectivity index (χ2v) is 6.14. The molecule has 0 fully saturated rings. The summed E-state index contributed by atoms with van der Waals surface area (Å²) in [6.45, 7) is 1.98. The quantitative estimate of drug-likeness (QED) is 0.684. The fourth-order valence-electron chi connectivity index (χ4n) is 2.75. The average Bonchev–Trinajstić information content (AvgIpc) is 2.72. The van der Waals surface area contributed by atoms with Crippen molar-refractivity contribution in [3.63, 3.8) is 0 Å². The van der Waals surface area contributed by atoms with Crippen LogP contribution < -0.4 is 15.2 Å². The molecule has 1 heterocycles. The number of carboxylic acid groups (broad SMARTS) is 1. The summed E-state index contributed by atoms with van der Waals surface area (Å²) < 4.78 is 5.83. The van der Waals surface area contributed by atoms with Crippen molar-refractivity contribution >= 4 is 11.7 Å². The minimum Gasteiger partial charge on any atom is -0.548 e. The molecule has 0 saturated carbocycles. The Balaban J connectivity index is 1.91. The third-order valence-electron chi connectivity index (χ3n) is 4.16. The zero-order chi connectivity index (χ0) is 19.9. The summed E-state index contributed by atoms with van der Waals surface area (Å²) in [4.78, 5) is 15.8. The maximum absolute atomic E-state index is 11.8. The van der Waals surface area contributed by atoms with Gasteiger partial charge in [0.1, 0.15) is 11.5 Å². The lowest BCUT2D eigenvalue weighted by Crippen LogP contribution is -2.34. The highest BCUT2D eigenvalue weighted by molar-refractivity contribution is 5.78. The monoisotopic (exact) mass is 372 g/mol. The van der Waals surface area contributed by atoms with Crippen molar-refractivity contribution in [3.05, 3.63) is 83.7 Å². The Bertz CT molecular complexity index is 996. The molecule has 0 bridgehead atoms. The van der Waals surface area contributed by atoms with Gasteiger partial charge in [-0.3, -0.25) is 4.98 Å². The van der Waals surface area contributed by atoms with Gasteiger partial charge >= 0.3 is 0 Å². The van der Waals surface area contributed by atoms with E-state index in [4.69, 9.17) is 10.00 Å². The number of carboxylic acids is 1. The molecule has 0 radical (unpaired) electrons. The first-order chi connectivity index (χ1) is 13.6. The second kappa shape index (κ2) is 8.69. The van der Waals surface area contributed by atoms with Crippen molar-refractivity contribution in [1.82, 2.24) is 4.98 Å². The standard InChI is InChI=1S/C22H19N3O3/c1-2-15-10-17(12-20(11-15)28-19-4-3-9-24-14-19)21(22(26)27)25-18-7-5-16(13-23)6-8-18/h3-12,14,21,25H,2H2,1H3,(H,26,27)/p-1. The van der Waals surface area contributed by atoms with E-state index in [0.717, 1.165) is 5.56 Å². The number of ether oxygens (including phenoxy) is 1. The summed E-state index contributed by atoms with van der Waals surface area (Å²) >= 11 is 0. The number of aryl methyl sites for hydroxylation is 1. The van der Waals surface area contributed by atoms with Gasteiger partial charge < -0.3 is 20.0 Å². The maximum atomic E-state index is 11.8. The van der Waals surface area contributed by atoms with Gasteiger partial charge in [0.15, 0.2) is 0 Å². The molecule has 3 aromatic rings. The van der Waals surface area contributed by atoms with E-state index in [0.29, 0.717) is 34.7 Å². The highest BCUT2D eigenvalue weighted by Crippen LogP contribution is 2.28. The third kappa shape index (κ3) is 4.65. The zero-order valence-corrected chi connectivity index (χ0v) is 15.3. The van der Waals surface area contributed by atoms with Crippen LogP contribution in [0.5, 0.6) is 11.5 Å². The van der Waals surface area contributed by atoms with Crippen LogP contribution in [0.4, 0.5) is 5.69 Å². The van der Waals surface area contributed by atoms with Crippen molar-refractivity contribution in [2.24, 2.45) is 0 Å². The molecule has 0 amide bonds. The number of nitriles is 1. The number of carbonyl (C=O) groups is 1. The first kappa shape index (κ1) is 18.9. The van der Waals surface area contributed by atoms with Crippen molar-refractivity contribution < 1.29 is 14.6 Å². The highest BCUT2D eigenvalue weighted by Gasteiger charge is 2.15. The van der Waals surface area contributed by atoms with E-state index in [1.54, 1.807) is 54.9 Å². The van der Waals surface area contributed by atoms with Crippen molar-refractivity contribution in [2.45, 2.75) is 19.4 Å². The van der Waals surface area contributed by atoms with Gasteiger partial charge in [0, 0.05) is 11.9 Å². The summed E-state index contributed by atoms with van der Waals surface area (Å²) in [5, 5.41) is 23.7. The normalized spacial score (nSPS) is 11.3. The Kier molecular flexibility index (Phi) is 5.87. The van der Waals surface area contributed by atoms with Gasteiger partial charge in [-0.25, -0.2) is 0 Å². The number of pyridine rings is 1. The molecule has 1 atom stereocenters. The second-order valence-electron chi connectivity index (χ2n) is 6.14. The molecule has 1 N–H and O–H groups in total. The van der Waals surface area contributed by atoms with Crippen molar-refractivity contribution in [2.75, 3.05) is 5.32 Å². The van der Waals surface area contributed by atoms with Gasteiger partial charge in [0.05, 0.1) is 29.8 Å². The molecule has 1 aromatic heterocycles. The van der Waals surface area contributed by atoms with E-state index in [2.05, 4.69) is 10.3 Å². The van der Waals surface area contributed by atoms with Crippen LogP contribution in [0, 0.1) is 11.3 Å². The van der Waals surface area contributed by atoms with Gasteiger partial charge in [0.25, 0.3) is 0 Å². The average molecular weight is 372 g/mol. The molecule has 0 aliphatic rings. The topological polar surface area (TPSA) is 98.1 Å². The van der Waals surface area contributed by atoms with Crippen LogP contribution in [-0.4, -0.2) is 11.0 Å². The van der Waals surface area contributed by atoms with Crippen molar-refractivity contribution in [3.8, 4) is 17.6 Å². The molecule has 0 spiro atoms. The molecular formula is C22H18N3O3-. The molecule has 6 heteroatoms. The van der Waals surface area contributed by atoms with E-state index >= 15 is 0 Å². The Labute approximate surface area is 163 Å². The number of aromatic nitrogens is 1. The largest absolute Gasteiger partial charge is 0.548 e. The van der Waals surface area contributed by atoms with Gasteiger partial charge in [-0.2, -0.15) is 5.26 Å². The molecule has 0 aliphatic carbocycles. The van der Waals surface area contributed by atoms with Gasteiger partial charge in [-0.1, -0.05) is 13.0 Å². The summed E-state index contributed by atoms with van der Waals surface area (Å²) in [7, 11) is 0. The number of carbonyl (C=O) groups excluding carboxylic acids is 1. The molecule has 3 rings (SSSR count). The first-order valence-electron chi connectivity index (χ1n) is 8.78. The zero-order valence-electron chi connectivity index (χ0n) is 15.3. The van der Waals surface area contributed by atoms with Crippen LogP contribution in [0.3, 0.4) is 0 Å². The number of hydrogen-bond donors (Lipinski definition) is 1. The minimum absolute atomic E-state index is 0.496. The predicted molar refractivity (Wildman–Crippen MR) is 103 cm³/mol. The van der Waals surface area contributed by atoms with Crippen LogP contribution >= 0.6 is 0 Å². The van der Waals surface area contributed by atoms with E-state index in [1.807, 2.05) is 25.1 Å². The molecule has 6 nitrogen and oxygen atoms in total. The molecule has 140 valence electrons. The SMILES string of the molecule is CCc1cc(Oc2cccnc2)cc(C(Nc2ccc(C#N)cc2)C(=O)[O-])c1. The molecule has 1 unspecified atom stereocenters. The van der Waals surface area contributed by atoms with E-state index < -0.39 is 12.0 Å². The minimum atomic E-state index is -1.26. The number of anilines is 1. The Morgan fingerprint density at radius 2 is 2.00 bits per heavy atom. The number of aliphatic carboxylic acids is 1. The Hall–Kier alpha value is -3.85. The Morgan fingerprint density at radius 1 is 1.21 bits per heavy atom.